The van der Waals surface area contributed by atoms with Gasteiger partial charge in [-0.1, -0.05) is 28.9 Å². The van der Waals surface area contributed by atoms with Crippen LogP contribution in [0.2, 0.25) is 5.02 Å². The number of hydrogen-bond acceptors (Lipinski definition) is 7. The number of anilines is 1. The lowest BCUT2D eigenvalue weighted by Gasteiger charge is -2.07. The van der Waals surface area contributed by atoms with E-state index in [1.807, 2.05) is 24.4 Å². The number of aromatic nitrogens is 2. The molecule has 140 valence electrons. The lowest BCUT2D eigenvalue weighted by molar-refractivity contribution is -0.147. The molecule has 0 atom stereocenters. The van der Waals surface area contributed by atoms with E-state index in [1.165, 1.54) is 11.3 Å². The molecule has 0 aliphatic heterocycles. The molecule has 0 unspecified atom stereocenters. The molecule has 9 heteroatoms. The molecular formula is C18H16ClN3O4S. The molecule has 7 nitrogen and oxygen atoms in total. The first-order chi connectivity index (χ1) is 13.0. The summed E-state index contributed by atoms with van der Waals surface area (Å²) in [4.78, 5) is 28.8. The van der Waals surface area contributed by atoms with Crippen LogP contribution in [0.25, 0.3) is 10.7 Å². The zero-order chi connectivity index (χ0) is 19.2. The molecular weight excluding hydrogens is 390 g/mol. The van der Waals surface area contributed by atoms with Gasteiger partial charge in [0.15, 0.2) is 6.61 Å². The third-order valence-electron chi connectivity index (χ3n) is 3.57. The Morgan fingerprint density at radius 1 is 1.33 bits per heavy atom. The molecule has 27 heavy (non-hydrogen) atoms. The summed E-state index contributed by atoms with van der Waals surface area (Å²) in [5.41, 5.74) is 1.45. The normalized spacial score (nSPS) is 10.6. The molecule has 0 radical (unpaired) electrons. The molecule has 0 spiro atoms. The Bertz CT molecular complexity index is 940. The molecule has 1 N–H and O–H groups in total. The number of aryl methyl sites for hydroxylation is 2. The molecule has 1 amide bonds. The summed E-state index contributed by atoms with van der Waals surface area (Å²) in [6.45, 7) is 1.48. The number of carbonyl (C=O) groups is 2. The summed E-state index contributed by atoms with van der Waals surface area (Å²) in [7, 11) is 0. The lowest BCUT2D eigenvalue weighted by atomic mass is 10.2. The van der Waals surface area contributed by atoms with E-state index in [9.17, 15) is 9.59 Å². The molecule has 2 aromatic heterocycles. The number of ether oxygens (including phenoxy) is 1. The summed E-state index contributed by atoms with van der Waals surface area (Å²) in [6.07, 6.45) is 0.280. The minimum absolute atomic E-state index is 0.0374. The van der Waals surface area contributed by atoms with Crippen LogP contribution in [0.3, 0.4) is 0 Å². The Balaban J connectivity index is 1.41. The first kappa shape index (κ1) is 19.1. The van der Waals surface area contributed by atoms with Crippen LogP contribution < -0.4 is 5.32 Å². The van der Waals surface area contributed by atoms with E-state index < -0.39 is 11.9 Å². The molecule has 0 bridgehead atoms. The molecule has 2 heterocycles. The molecule has 0 saturated carbocycles. The second kappa shape index (κ2) is 8.79. The van der Waals surface area contributed by atoms with E-state index in [-0.39, 0.29) is 19.4 Å². The number of rotatable bonds is 7. The summed E-state index contributed by atoms with van der Waals surface area (Å²) in [5, 5.41) is 8.95. The van der Waals surface area contributed by atoms with Gasteiger partial charge in [-0.05, 0) is 36.1 Å². The zero-order valence-electron chi connectivity index (χ0n) is 14.4. The van der Waals surface area contributed by atoms with Crippen molar-refractivity contribution in [3.63, 3.8) is 0 Å². The van der Waals surface area contributed by atoms with Gasteiger partial charge in [0.2, 0.25) is 11.7 Å². The van der Waals surface area contributed by atoms with Crippen LogP contribution >= 0.6 is 22.9 Å². The van der Waals surface area contributed by atoms with E-state index in [0.29, 0.717) is 22.4 Å². The average Bonchev–Trinajstić information content (AvgIpc) is 3.32. The number of nitrogens with zero attached hydrogens (tertiary/aromatic N) is 2. The molecule has 0 aliphatic carbocycles. The van der Waals surface area contributed by atoms with Crippen molar-refractivity contribution in [3.8, 4) is 10.7 Å². The third kappa shape index (κ3) is 5.38. The van der Waals surface area contributed by atoms with Gasteiger partial charge in [-0.15, -0.1) is 11.3 Å². The Morgan fingerprint density at radius 2 is 2.19 bits per heavy atom. The van der Waals surface area contributed by atoms with Gasteiger partial charge in [0.25, 0.3) is 5.91 Å². The second-order valence-electron chi connectivity index (χ2n) is 5.66. The third-order valence-corrected chi connectivity index (χ3v) is 4.85. The van der Waals surface area contributed by atoms with Gasteiger partial charge in [-0.2, -0.15) is 4.98 Å². The maximum Gasteiger partial charge on any atom is 0.306 e. The number of nitrogens with one attached hydrogen (secondary N) is 1. The van der Waals surface area contributed by atoms with Crippen LogP contribution in [0.4, 0.5) is 5.69 Å². The van der Waals surface area contributed by atoms with E-state index in [1.54, 1.807) is 18.2 Å². The average molecular weight is 406 g/mol. The SMILES string of the molecule is Cc1ccc(NC(=O)COC(=O)CCc2nc(-c3cccs3)no2)cc1Cl. The van der Waals surface area contributed by atoms with Crippen LogP contribution in [-0.4, -0.2) is 28.6 Å². The predicted octanol–water partition coefficient (Wildman–Crippen LogP) is 3.87. The Labute approximate surface area is 164 Å². The maximum atomic E-state index is 11.9. The summed E-state index contributed by atoms with van der Waals surface area (Å²) in [5.74, 6) is -0.136. The Kier molecular flexibility index (Phi) is 6.20. The standard InChI is InChI=1S/C18H16ClN3O4S/c1-11-4-5-12(9-13(11)19)20-15(23)10-25-17(24)7-6-16-21-18(22-26-16)14-3-2-8-27-14/h2-5,8-9H,6-7,10H2,1H3,(H,20,23). The minimum Gasteiger partial charge on any atom is -0.456 e. The predicted molar refractivity (Wildman–Crippen MR) is 102 cm³/mol. The Morgan fingerprint density at radius 3 is 2.93 bits per heavy atom. The summed E-state index contributed by atoms with van der Waals surface area (Å²) >= 11 is 7.50. The van der Waals surface area contributed by atoms with Gasteiger partial charge in [0.1, 0.15) is 0 Å². The number of halogens is 1. The van der Waals surface area contributed by atoms with Gasteiger partial charge >= 0.3 is 5.97 Å². The fourth-order valence-electron chi connectivity index (χ4n) is 2.16. The van der Waals surface area contributed by atoms with Gasteiger partial charge < -0.3 is 14.6 Å². The second-order valence-corrected chi connectivity index (χ2v) is 7.02. The van der Waals surface area contributed by atoms with Crippen LogP contribution in [0, 0.1) is 6.92 Å². The van der Waals surface area contributed by atoms with Crippen molar-refractivity contribution in [2.45, 2.75) is 19.8 Å². The largest absolute Gasteiger partial charge is 0.456 e. The topological polar surface area (TPSA) is 94.3 Å². The fraction of sp³-hybridized carbons (Fsp3) is 0.222. The van der Waals surface area contributed by atoms with Gasteiger partial charge in [-0.3, -0.25) is 9.59 Å². The van der Waals surface area contributed by atoms with Crippen molar-refractivity contribution >= 4 is 40.5 Å². The van der Waals surface area contributed by atoms with Gasteiger partial charge in [0, 0.05) is 17.1 Å². The molecule has 1 aromatic carbocycles. The van der Waals surface area contributed by atoms with Crippen molar-refractivity contribution in [2.75, 3.05) is 11.9 Å². The van der Waals surface area contributed by atoms with E-state index in [0.717, 1.165) is 10.4 Å². The van der Waals surface area contributed by atoms with Crippen molar-refractivity contribution in [3.05, 3.63) is 52.2 Å². The summed E-state index contributed by atoms with van der Waals surface area (Å²) in [6, 6.07) is 8.92. The van der Waals surface area contributed by atoms with Gasteiger partial charge in [0.05, 0.1) is 11.3 Å². The quantitative estimate of drug-likeness (QED) is 0.599. The van der Waals surface area contributed by atoms with Crippen LogP contribution in [0.1, 0.15) is 17.9 Å². The number of esters is 1. The van der Waals surface area contributed by atoms with Crippen LogP contribution in [0.5, 0.6) is 0 Å². The highest BCUT2D eigenvalue weighted by atomic mass is 35.5. The first-order valence-corrected chi connectivity index (χ1v) is 9.35. The van der Waals surface area contributed by atoms with Crippen LogP contribution in [-0.2, 0) is 20.7 Å². The van der Waals surface area contributed by atoms with E-state index in [4.69, 9.17) is 20.9 Å². The lowest BCUT2D eigenvalue weighted by Crippen LogP contribution is -2.21. The smallest absolute Gasteiger partial charge is 0.306 e. The highest BCUT2D eigenvalue weighted by Crippen LogP contribution is 2.22. The van der Waals surface area contributed by atoms with Gasteiger partial charge in [-0.25, -0.2) is 0 Å². The number of carbonyl (C=O) groups excluding carboxylic acids is 2. The van der Waals surface area contributed by atoms with E-state index >= 15 is 0 Å². The number of amides is 1. The molecule has 3 aromatic rings. The van der Waals surface area contributed by atoms with Crippen molar-refractivity contribution in [1.29, 1.82) is 0 Å². The molecule has 0 fully saturated rings. The monoisotopic (exact) mass is 405 g/mol. The number of thiophene rings is 1. The maximum absolute atomic E-state index is 11.9. The molecule has 0 saturated heterocycles. The summed E-state index contributed by atoms with van der Waals surface area (Å²) < 4.78 is 10.1. The van der Waals surface area contributed by atoms with Crippen molar-refractivity contribution < 1.29 is 18.8 Å². The zero-order valence-corrected chi connectivity index (χ0v) is 16.0. The van der Waals surface area contributed by atoms with Crippen LogP contribution in [0.15, 0.2) is 40.2 Å². The van der Waals surface area contributed by atoms with Crippen molar-refractivity contribution in [1.82, 2.24) is 10.1 Å². The number of hydrogen-bond donors (Lipinski definition) is 1. The molecule has 0 aliphatic rings. The number of benzene rings is 1. The Hall–Kier alpha value is -2.71. The minimum atomic E-state index is -0.525. The first-order valence-electron chi connectivity index (χ1n) is 8.09. The highest BCUT2D eigenvalue weighted by Gasteiger charge is 2.13. The fourth-order valence-corrected chi connectivity index (χ4v) is 2.99. The highest BCUT2D eigenvalue weighted by molar-refractivity contribution is 7.13. The van der Waals surface area contributed by atoms with Crippen molar-refractivity contribution in [2.24, 2.45) is 0 Å². The molecule has 3 rings (SSSR count). The van der Waals surface area contributed by atoms with E-state index in [2.05, 4.69) is 15.5 Å².